The lowest BCUT2D eigenvalue weighted by Gasteiger charge is -2.25. The Morgan fingerprint density at radius 3 is 2.79 bits per heavy atom. The molecule has 2 amide bonds. The fourth-order valence-corrected chi connectivity index (χ4v) is 5.22. The normalized spacial score (nSPS) is 19.7. The summed E-state index contributed by atoms with van der Waals surface area (Å²) in [4.78, 5) is 32.1. The summed E-state index contributed by atoms with van der Waals surface area (Å²) in [5, 5.41) is 6.30. The summed E-state index contributed by atoms with van der Waals surface area (Å²) < 4.78 is 7.88. The summed E-state index contributed by atoms with van der Waals surface area (Å²) >= 11 is 0. The van der Waals surface area contributed by atoms with Gasteiger partial charge in [0, 0.05) is 48.4 Å². The maximum Gasteiger partial charge on any atom is 0.251 e. The summed E-state index contributed by atoms with van der Waals surface area (Å²) in [5.41, 5.74) is 3.69. The zero-order valence-corrected chi connectivity index (χ0v) is 21.1. The monoisotopic (exact) mass is 507 g/mol. The van der Waals surface area contributed by atoms with Crippen LogP contribution in [-0.2, 0) is 11.3 Å². The Bertz CT molecular complexity index is 1500. The van der Waals surface area contributed by atoms with E-state index in [2.05, 4.69) is 40.9 Å². The van der Waals surface area contributed by atoms with Gasteiger partial charge in [0.2, 0.25) is 5.91 Å². The van der Waals surface area contributed by atoms with Gasteiger partial charge in [-0.3, -0.25) is 14.6 Å². The van der Waals surface area contributed by atoms with E-state index in [1.807, 2.05) is 52.0 Å². The average molecular weight is 508 g/mol. The number of allylic oxidation sites excluding steroid dienone is 2. The summed E-state index contributed by atoms with van der Waals surface area (Å²) in [6.45, 7) is 3.47. The molecule has 1 fully saturated rings. The molecule has 2 aromatic heterocycles. The van der Waals surface area contributed by atoms with Gasteiger partial charge in [-0.05, 0) is 48.4 Å². The van der Waals surface area contributed by atoms with Gasteiger partial charge in [-0.25, -0.2) is 0 Å². The predicted molar refractivity (Wildman–Crippen MR) is 144 cm³/mol. The second-order valence-electron chi connectivity index (χ2n) is 10.1. The lowest BCUT2D eigenvalue weighted by atomic mass is 10.00. The van der Waals surface area contributed by atoms with Crippen molar-refractivity contribution in [2.45, 2.75) is 25.9 Å². The van der Waals surface area contributed by atoms with E-state index in [0.717, 1.165) is 23.2 Å². The number of aromatic nitrogens is 2. The van der Waals surface area contributed by atoms with E-state index >= 15 is 0 Å². The van der Waals surface area contributed by atoms with Gasteiger partial charge in [0.05, 0.1) is 24.3 Å². The molecule has 1 aliphatic carbocycles. The number of likely N-dealkylation sites (tertiary alicyclic amines) is 1. The first-order valence-corrected chi connectivity index (χ1v) is 12.8. The number of ether oxygens (including phenoxy) is 1. The Kier molecular flexibility index (Phi) is 6.17. The van der Waals surface area contributed by atoms with Gasteiger partial charge in [-0.1, -0.05) is 37.3 Å². The third-order valence-electron chi connectivity index (χ3n) is 7.15. The number of hydrogen-bond donors (Lipinski definition) is 2. The molecule has 0 spiro atoms. The van der Waals surface area contributed by atoms with E-state index in [9.17, 15) is 9.59 Å². The largest absolute Gasteiger partial charge is 0.457 e. The quantitative estimate of drug-likeness (QED) is 0.355. The van der Waals surface area contributed by atoms with Crippen LogP contribution < -0.4 is 15.4 Å². The van der Waals surface area contributed by atoms with E-state index in [1.165, 1.54) is 0 Å². The number of carbonyl (C=O) groups excluding carboxylic acids is 2. The van der Waals surface area contributed by atoms with Gasteiger partial charge in [-0.15, -0.1) is 0 Å². The Labute approximate surface area is 220 Å². The number of carbonyl (C=O) groups is 2. The molecule has 0 unspecified atom stereocenters. The van der Waals surface area contributed by atoms with Crippen molar-refractivity contribution in [2.75, 3.05) is 13.1 Å². The maximum absolute atomic E-state index is 13.2. The number of amides is 2. The molecule has 1 saturated heterocycles. The Morgan fingerprint density at radius 1 is 1.11 bits per heavy atom. The van der Waals surface area contributed by atoms with Crippen molar-refractivity contribution in [3.8, 4) is 11.5 Å². The molecule has 0 bridgehead atoms. The average Bonchev–Trinajstić information content (AvgIpc) is 3.26. The minimum Gasteiger partial charge on any atom is -0.457 e. The molecule has 4 aromatic rings. The number of nitrogens with one attached hydrogen (secondary N) is 2. The number of fused-ring (bicyclic) bond motifs is 2. The molecule has 2 atom stereocenters. The van der Waals surface area contributed by atoms with Crippen LogP contribution in [-0.4, -0.2) is 45.2 Å². The highest BCUT2D eigenvalue weighted by atomic mass is 16.5. The van der Waals surface area contributed by atoms with Crippen LogP contribution in [0.1, 0.15) is 29.3 Å². The fourth-order valence-electron chi connectivity index (χ4n) is 5.22. The minimum atomic E-state index is -0.312. The molecular formula is C30H29N5O3. The molecule has 192 valence electrons. The van der Waals surface area contributed by atoms with Crippen molar-refractivity contribution in [2.24, 2.45) is 5.41 Å². The molecular weight excluding hydrogens is 478 g/mol. The van der Waals surface area contributed by atoms with Crippen molar-refractivity contribution in [1.82, 2.24) is 24.9 Å². The predicted octanol–water partition coefficient (Wildman–Crippen LogP) is 4.15. The van der Waals surface area contributed by atoms with Gasteiger partial charge >= 0.3 is 0 Å². The van der Waals surface area contributed by atoms with Gasteiger partial charge in [0.15, 0.2) is 0 Å². The number of nitrogens with zero attached hydrogens (tertiary/aromatic N) is 3. The Balaban J connectivity index is 1.04. The number of para-hydroxylation sites is 1. The summed E-state index contributed by atoms with van der Waals surface area (Å²) in [6, 6.07) is 18.5. The molecule has 8 heteroatoms. The van der Waals surface area contributed by atoms with E-state index in [0.29, 0.717) is 30.2 Å². The van der Waals surface area contributed by atoms with Crippen LogP contribution in [0.5, 0.6) is 11.5 Å². The smallest absolute Gasteiger partial charge is 0.251 e. The van der Waals surface area contributed by atoms with Crippen molar-refractivity contribution >= 4 is 17.3 Å². The first-order valence-electron chi connectivity index (χ1n) is 12.8. The van der Waals surface area contributed by atoms with E-state index in [-0.39, 0.29) is 29.8 Å². The van der Waals surface area contributed by atoms with Gasteiger partial charge in [0.1, 0.15) is 11.5 Å². The van der Waals surface area contributed by atoms with Crippen LogP contribution in [0.3, 0.4) is 0 Å². The molecule has 8 nitrogen and oxygen atoms in total. The molecule has 2 N–H and O–H groups in total. The van der Waals surface area contributed by atoms with Gasteiger partial charge in [0.25, 0.3) is 5.91 Å². The lowest BCUT2D eigenvalue weighted by Crippen LogP contribution is -2.45. The number of hydrogen-bond acceptors (Lipinski definition) is 5. The van der Waals surface area contributed by atoms with E-state index < -0.39 is 0 Å². The summed E-state index contributed by atoms with van der Waals surface area (Å²) in [7, 11) is 0. The second kappa shape index (κ2) is 9.79. The van der Waals surface area contributed by atoms with Crippen molar-refractivity contribution in [1.29, 1.82) is 0 Å². The lowest BCUT2D eigenvalue weighted by molar-refractivity contribution is -0.129. The van der Waals surface area contributed by atoms with Crippen LogP contribution >= 0.6 is 0 Å². The molecule has 6 rings (SSSR count). The third-order valence-corrected chi connectivity index (χ3v) is 7.15. The first-order chi connectivity index (χ1) is 18.5. The van der Waals surface area contributed by atoms with Crippen LogP contribution in [0.4, 0.5) is 0 Å². The minimum absolute atomic E-state index is 0.0222. The van der Waals surface area contributed by atoms with E-state index in [4.69, 9.17) is 4.74 Å². The van der Waals surface area contributed by atoms with Crippen LogP contribution in [0, 0.1) is 5.41 Å². The number of benzene rings is 2. The molecule has 3 heterocycles. The van der Waals surface area contributed by atoms with Crippen LogP contribution in [0.25, 0.3) is 5.52 Å². The Morgan fingerprint density at radius 2 is 1.95 bits per heavy atom. The van der Waals surface area contributed by atoms with Gasteiger partial charge < -0.3 is 24.7 Å². The first kappa shape index (κ1) is 23.9. The molecule has 2 aromatic carbocycles. The fraction of sp³-hybridized carbons (Fsp3) is 0.233. The molecule has 0 radical (unpaired) electrons. The van der Waals surface area contributed by atoms with E-state index in [1.54, 1.807) is 30.5 Å². The summed E-state index contributed by atoms with van der Waals surface area (Å²) in [6.07, 6.45) is 10.6. The molecule has 2 aliphatic rings. The van der Waals surface area contributed by atoms with Gasteiger partial charge in [-0.2, -0.15) is 0 Å². The topological polar surface area (TPSA) is 88.0 Å². The van der Waals surface area contributed by atoms with Crippen molar-refractivity contribution < 1.29 is 14.3 Å². The van der Waals surface area contributed by atoms with Crippen LogP contribution in [0.2, 0.25) is 0 Å². The zero-order valence-electron chi connectivity index (χ0n) is 21.1. The number of rotatable bonds is 9. The highest BCUT2D eigenvalue weighted by molar-refractivity contribution is 5.97. The summed E-state index contributed by atoms with van der Waals surface area (Å²) in [5.74, 6) is 0.841. The third kappa shape index (κ3) is 4.90. The van der Waals surface area contributed by atoms with Crippen LogP contribution in [0.15, 0.2) is 97.2 Å². The van der Waals surface area contributed by atoms with Crippen molar-refractivity contribution in [3.63, 3.8) is 0 Å². The standard InChI is InChI=1S/C30H29N5O3/c1-30-14-24(18-32-16-21-12-23-17-31-10-11-34(23)20-21)35(27(30)15-30)28(36)19-33-29(37)22-6-5-9-26(13-22)38-25-7-3-2-4-8-25/h2-13,15,17,20,24,32H,14,16,18-19H2,1H3,(H,33,37)/t24-,30+/m0/s1. The molecule has 0 saturated carbocycles. The highest BCUT2D eigenvalue weighted by Crippen LogP contribution is 2.56. The molecule has 38 heavy (non-hydrogen) atoms. The highest BCUT2D eigenvalue weighted by Gasteiger charge is 2.54. The second-order valence-corrected chi connectivity index (χ2v) is 10.1. The molecule has 1 aliphatic heterocycles. The zero-order chi connectivity index (χ0) is 26.1. The SMILES string of the molecule is C[C@@]12C=C1N(C(=O)CNC(=O)c1cccc(Oc3ccccc3)c1)[C@H](CNCc1cc3cnccn3c1)C2. The Hall–Kier alpha value is -4.43. The maximum atomic E-state index is 13.2. The van der Waals surface area contributed by atoms with Crippen molar-refractivity contribution in [3.05, 3.63) is 108 Å².